The highest BCUT2D eigenvalue weighted by atomic mass is 35.5. The maximum atomic E-state index is 12.0. The second-order valence-corrected chi connectivity index (χ2v) is 7.61. The van der Waals surface area contributed by atoms with E-state index < -0.39 is 6.10 Å². The highest BCUT2D eigenvalue weighted by Crippen LogP contribution is 2.32. The largest absolute Gasteiger partial charge is 0.389 e. The number of amides is 1. The molecule has 1 aliphatic rings. The molecule has 11 heteroatoms. The van der Waals surface area contributed by atoms with E-state index in [1.54, 1.807) is 22.0 Å². The van der Waals surface area contributed by atoms with E-state index in [0.29, 0.717) is 53.9 Å². The molecule has 0 radical (unpaired) electrons. The quantitative estimate of drug-likeness (QED) is 0.539. The molecule has 0 spiro atoms. The zero-order valence-electron chi connectivity index (χ0n) is 16.5. The summed E-state index contributed by atoms with van der Waals surface area (Å²) in [6.45, 7) is 5.19. The molecule has 0 aliphatic carbocycles. The van der Waals surface area contributed by atoms with Crippen molar-refractivity contribution in [2.75, 3.05) is 36.4 Å². The van der Waals surface area contributed by atoms with Gasteiger partial charge < -0.3 is 25.2 Å². The Hall–Kier alpha value is -3.11. The third-order valence-corrected chi connectivity index (χ3v) is 5.23. The fraction of sp³-hybridized carbons (Fsp3) is 0.368. The average molecular weight is 431 g/mol. The highest BCUT2D eigenvalue weighted by Gasteiger charge is 2.25. The van der Waals surface area contributed by atoms with Gasteiger partial charge in [-0.25, -0.2) is 0 Å². The maximum absolute atomic E-state index is 12.0. The first-order valence-electron chi connectivity index (χ1n) is 9.59. The van der Waals surface area contributed by atoms with E-state index in [-0.39, 0.29) is 12.5 Å². The molecule has 3 N–H and O–H groups in total. The van der Waals surface area contributed by atoms with E-state index in [2.05, 4.69) is 27.0 Å². The van der Waals surface area contributed by atoms with Crippen molar-refractivity contribution >= 4 is 46.0 Å². The molecular formula is C19H23ClN8O2. The number of aryl methyl sites for hydroxylation is 1. The minimum atomic E-state index is -0.744. The number of aromatic nitrogens is 5. The first kappa shape index (κ1) is 20.2. The van der Waals surface area contributed by atoms with Crippen molar-refractivity contribution in [3.05, 3.63) is 36.3 Å². The van der Waals surface area contributed by atoms with Crippen LogP contribution in [0.25, 0.3) is 11.0 Å². The Balaban J connectivity index is 1.65. The lowest BCUT2D eigenvalue weighted by Gasteiger charge is -2.33. The Morgan fingerprint density at radius 2 is 2.23 bits per heavy atom. The second kappa shape index (κ2) is 8.33. The predicted octanol–water partition coefficient (Wildman–Crippen LogP) is 1.67. The third kappa shape index (κ3) is 4.10. The van der Waals surface area contributed by atoms with Crippen LogP contribution in [-0.2, 0) is 11.8 Å². The normalized spacial score (nSPS) is 17.6. The van der Waals surface area contributed by atoms with Gasteiger partial charge in [0.25, 0.3) is 0 Å². The van der Waals surface area contributed by atoms with Gasteiger partial charge in [-0.15, -0.1) is 0 Å². The van der Waals surface area contributed by atoms with Crippen LogP contribution >= 0.6 is 11.6 Å². The number of anilines is 3. The Morgan fingerprint density at radius 1 is 1.40 bits per heavy atom. The summed E-state index contributed by atoms with van der Waals surface area (Å²) in [5.41, 5.74) is 1.35. The van der Waals surface area contributed by atoms with Crippen LogP contribution in [0.2, 0.25) is 5.02 Å². The molecule has 1 unspecified atom stereocenters. The lowest BCUT2D eigenvalue weighted by atomic mass is 10.2. The molecule has 30 heavy (non-hydrogen) atoms. The molecule has 3 aromatic heterocycles. The number of fused-ring (bicyclic) bond motifs is 1. The van der Waals surface area contributed by atoms with Crippen molar-refractivity contribution in [1.29, 1.82) is 0 Å². The fourth-order valence-electron chi connectivity index (χ4n) is 3.60. The zero-order chi connectivity index (χ0) is 21.3. The Kier molecular flexibility index (Phi) is 5.60. The molecule has 3 aromatic rings. The zero-order valence-corrected chi connectivity index (χ0v) is 17.3. The van der Waals surface area contributed by atoms with Crippen LogP contribution in [-0.4, -0.2) is 72.9 Å². The summed E-state index contributed by atoms with van der Waals surface area (Å²) in [7, 11) is 1.83. The summed E-state index contributed by atoms with van der Waals surface area (Å²) >= 11 is 6.41. The van der Waals surface area contributed by atoms with Crippen LogP contribution in [0.1, 0.15) is 6.42 Å². The number of carbonyl (C=O) groups is 1. The van der Waals surface area contributed by atoms with Crippen LogP contribution in [0.15, 0.2) is 31.2 Å². The molecule has 4 heterocycles. The van der Waals surface area contributed by atoms with Crippen molar-refractivity contribution in [2.45, 2.75) is 12.5 Å². The molecule has 1 aliphatic heterocycles. The Morgan fingerprint density at radius 3 is 2.97 bits per heavy atom. The van der Waals surface area contributed by atoms with Gasteiger partial charge in [-0.05, 0) is 12.5 Å². The van der Waals surface area contributed by atoms with E-state index in [0.717, 1.165) is 5.69 Å². The lowest BCUT2D eigenvalue weighted by molar-refractivity contribution is -0.127. The summed E-state index contributed by atoms with van der Waals surface area (Å²) in [5, 5.41) is 19.1. The molecule has 10 nitrogen and oxygen atoms in total. The van der Waals surface area contributed by atoms with Gasteiger partial charge in [0.1, 0.15) is 11.5 Å². The molecule has 0 saturated carbocycles. The molecule has 0 bridgehead atoms. The number of aliphatic hydroxyl groups excluding tert-OH is 1. The number of H-pyrrole nitrogens is 1. The first-order chi connectivity index (χ1) is 14.4. The van der Waals surface area contributed by atoms with Gasteiger partial charge >= 0.3 is 0 Å². The van der Waals surface area contributed by atoms with Crippen LogP contribution < -0.4 is 10.2 Å². The lowest BCUT2D eigenvalue weighted by Crippen LogP contribution is -2.46. The number of β-amino-alcohol motifs (C(OH)–C–C–N with tert-alkyl or cyclic N) is 1. The van der Waals surface area contributed by atoms with Gasteiger partial charge in [-0.2, -0.15) is 15.1 Å². The van der Waals surface area contributed by atoms with Gasteiger partial charge in [0.05, 0.1) is 28.4 Å². The number of nitrogens with zero attached hydrogens (tertiary/aromatic N) is 6. The fourth-order valence-corrected chi connectivity index (χ4v) is 3.83. The SMILES string of the molecule is C=CC(=O)N1CCCN(c2nc(Nc3cnn(C)c3)nc3[nH]cc(Cl)c23)CC(O)C1. The molecule has 1 fully saturated rings. The van der Waals surface area contributed by atoms with E-state index in [4.69, 9.17) is 16.6 Å². The maximum Gasteiger partial charge on any atom is 0.246 e. The highest BCUT2D eigenvalue weighted by molar-refractivity contribution is 6.36. The summed E-state index contributed by atoms with van der Waals surface area (Å²) in [4.78, 5) is 27.8. The van der Waals surface area contributed by atoms with Gasteiger partial charge in [0, 0.05) is 45.6 Å². The summed E-state index contributed by atoms with van der Waals surface area (Å²) in [5.74, 6) is 0.841. The topological polar surface area (TPSA) is 115 Å². The van der Waals surface area contributed by atoms with Crippen molar-refractivity contribution in [3.8, 4) is 0 Å². The van der Waals surface area contributed by atoms with Gasteiger partial charge in [0.2, 0.25) is 11.9 Å². The number of nitrogens with one attached hydrogen (secondary N) is 2. The van der Waals surface area contributed by atoms with Crippen LogP contribution in [0.4, 0.5) is 17.5 Å². The molecule has 1 atom stereocenters. The number of halogens is 1. The van der Waals surface area contributed by atoms with Crippen molar-refractivity contribution in [1.82, 2.24) is 29.6 Å². The van der Waals surface area contributed by atoms with Crippen molar-refractivity contribution in [2.24, 2.45) is 7.05 Å². The van der Waals surface area contributed by atoms with Gasteiger partial charge in [-0.3, -0.25) is 9.48 Å². The number of hydrogen-bond donors (Lipinski definition) is 3. The number of carbonyl (C=O) groups excluding carboxylic acids is 1. The van der Waals surface area contributed by atoms with Gasteiger partial charge in [0.15, 0.2) is 0 Å². The van der Waals surface area contributed by atoms with E-state index in [1.165, 1.54) is 6.08 Å². The van der Waals surface area contributed by atoms with Crippen molar-refractivity contribution < 1.29 is 9.90 Å². The molecular weight excluding hydrogens is 408 g/mol. The number of hydrogen-bond acceptors (Lipinski definition) is 7. The minimum Gasteiger partial charge on any atom is -0.389 e. The molecule has 1 saturated heterocycles. The summed E-state index contributed by atoms with van der Waals surface area (Å²) in [6, 6.07) is 0. The summed E-state index contributed by atoms with van der Waals surface area (Å²) in [6.07, 6.45) is 6.41. The number of aliphatic hydroxyl groups is 1. The molecule has 0 aromatic carbocycles. The average Bonchev–Trinajstić information content (AvgIpc) is 3.28. The number of aromatic amines is 1. The smallest absolute Gasteiger partial charge is 0.246 e. The Labute approximate surface area is 178 Å². The third-order valence-electron chi connectivity index (χ3n) is 4.93. The van der Waals surface area contributed by atoms with Crippen LogP contribution in [0.5, 0.6) is 0 Å². The summed E-state index contributed by atoms with van der Waals surface area (Å²) < 4.78 is 1.68. The Bertz CT molecular complexity index is 1080. The first-order valence-corrected chi connectivity index (χ1v) is 9.97. The van der Waals surface area contributed by atoms with E-state index in [1.807, 2.05) is 18.1 Å². The van der Waals surface area contributed by atoms with Crippen molar-refractivity contribution in [3.63, 3.8) is 0 Å². The van der Waals surface area contributed by atoms with Gasteiger partial charge in [-0.1, -0.05) is 18.2 Å². The molecule has 4 rings (SSSR count). The van der Waals surface area contributed by atoms with Crippen LogP contribution in [0, 0.1) is 0 Å². The standard InChI is InChI=1S/C19H23ClN8O2/c1-3-15(30)27-5-4-6-28(11-13(29)10-27)18-16-14(20)8-21-17(16)24-19(25-18)23-12-7-22-26(2)9-12/h3,7-9,13,29H,1,4-6,10-11H2,2H3,(H2,21,23,24,25). The second-order valence-electron chi connectivity index (χ2n) is 7.20. The van der Waals surface area contributed by atoms with E-state index in [9.17, 15) is 9.90 Å². The van der Waals surface area contributed by atoms with Crippen LogP contribution in [0.3, 0.4) is 0 Å². The van der Waals surface area contributed by atoms with E-state index >= 15 is 0 Å². The molecule has 1 amide bonds. The predicted molar refractivity (Wildman–Crippen MR) is 115 cm³/mol. The monoisotopic (exact) mass is 430 g/mol. The molecule has 158 valence electrons. The number of rotatable bonds is 4. The minimum absolute atomic E-state index is 0.177.